The fourth-order valence-corrected chi connectivity index (χ4v) is 4.26. The Kier molecular flexibility index (Phi) is 6.29. The van der Waals surface area contributed by atoms with Crippen LogP contribution < -0.4 is 5.32 Å². The summed E-state index contributed by atoms with van der Waals surface area (Å²) in [5.74, 6) is 1.65. The van der Waals surface area contributed by atoms with Gasteiger partial charge in [0.2, 0.25) is 0 Å². The summed E-state index contributed by atoms with van der Waals surface area (Å²) in [4.78, 5) is 19.5. The third-order valence-corrected chi connectivity index (χ3v) is 5.88. The molecule has 0 bridgehead atoms. The molecule has 5 heteroatoms. The molecule has 1 fully saturated rings. The van der Waals surface area contributed by atoms with Gasteiger partial charge in [0.15, 0.2) is 0 Å². The van der Waals surface area contributed by atoms with E-state index in [1.54, 1.807) is 6.20 Å². The molecule has 2 heterocycles. The Bertz CT molecular complexity index is 992. The van der Waals surface area contributed by atoms with Crippen molar-refractivity contribution in [3.8, 4) is 5.69 Å². The molecule has 1 aromatic heterocycles. The van der Waals surface area contributed by atoms with Crippen molar-refractivity contribution in [3.63, 3.8) is 0 Å². The van der Waals surface area contributed by atoms with Crippen LogP contribution in [0.5, 0.6) is 0 Å². The number of piperidine rings is 1. The maximum Gasteiger partial charge on any atom is 0.251 e. The van der Waals surface area contributed by atoms with E-state index in [-0.39, 0.29) is 5.91 Å². The first-order chi connectivity index (χ1) is 14.6. The van der Waals surface area contributed by atoms with E-state index < -0.39 is 0 Å². The topological polar surface area (TPSA) is 50.2 Å². The Hall–Kier alpha value is -2.92. The number of hydrogen-bond acceptors (Lipinski definition) is 3. The molecule has 0 spiro atoms. The number of para-hydroxylation sites is 1. The van der Waals surface area contributed by atoms with Gasteiger partial charge < -0.3 is 9.88 Å². The van der Waals surface area contributed by atoms with Gasteiger partial charge in [0.05, 0.1) is 5.69 Å². The second-order valence-electron chi connectivity index (χ2n) is 8.34. The van der Waals surface area contributed by atoms with E-state index in [1.807, 2.05) is 54.1 Å². The molecule has 1 saturated heterocycles. The molecule has 1 atom stereocenters. The highest BCUT2D eigenvalue weighted by Crippen LogP contribution is 2.19. The van der Waals surface area contributed by atoms with E-state index in [4.69, 9.17) is 0 Å². The van der Waals surface area contributed by atoms with Gasteiger partial charge >= 0.3 is 0 Å². The SMILES string of the molecule is Cc1nccn1-c1ccccc1CNC(=O)c1ccc(CN2CCC[C@@H](C)C2)cc1. The molecule has 1 amide bonds. The van der Waals surface area contributed by atoms with E-state index in [0.717, 1.165) is 36.1 Å². The number of carbonyl (C=O) groups excluding carboxylic acids is 1. The van der Waals surface area contributed by atoms with Gasteiger partial charge in [-0.2, -0.15) is 0 Å². The quantitative estimate of drug-likeness (QED) is 0.667. The van der Waals surface area contributed by atoms with Gasteiger partial charge in [-0.15, -0.1) is 0 Å². The van der Waals surface area contributed by atoms with Crippen LogP contribution in [0.15, 0.2) is 60.9 Å². The highest BCUT2D eigenvalue weighted by molar-refractivity contribution is 5.94. The van der Waals surface area contributed by atoms with Crippen molar-refractivity contribution in [3.05, 3.63) is 83.4 Å². The van der Waals surface area contributed by atoms with Crippen LogP contribution in [0.4, 0.5) is 0 Å². The van der Waals surface area contributed by atoms with Crippen LogP contribution >= 0.6 is 0 Å². The summed E-state index contributed by atoms with van der Waals surface area (Å²) >= 11 is 0. The largest absolute Gasteiger partial charge is 0.348 e. The Morgan fingerprint density at radius 1 is 1.17 bits per heavy atom. The zero-order chi connectivity index (χ0) is 20.9. The standard InChI is InChI=1S/C25H30N4O/c1-19-6-5-14-28(17-19)18-21-9-11-22(12-10-21)25(30)27-16-23-7-3-4-8-24(23)29-15-13-26-20(29)2/h3-4,7-13,15,19H,5-6,14,16-18H2,1-2H3,(H,27,30)/t19-/m1/s1. The smallest absolute Gasteiger partial charge is 0.251 e. The number of nitrogens with one attached hydrogen (secondary N) is 1. The monoisotopic (exact) mass is 402 g/mol. The number of likely N-dealkylation sites (tertiary alicyclic amines) is 1. The van der Waals surface area contributed by atoms with E-state index in [2.05, 4.69) is 34.3 Å². The fourth-order valence-electron chi connectivity index (χ4n) is 4.26. The van der Waals surface area contributed by atoms with Crippen LogP contribution in [0.3, 0.4) is 0 Å². The lowest BCUT2D eigenvalue weighted by atomic mass is 9.99. The van der Waals surface area contributed by atoms with E-state index in [9.17, 15) is 4.79 Å². The molecular formula is C25H30N4O. The van der Waals surface area contributed by atoms with Gasteiger partial charge in [0, 0.05) is 37.6 Å². The summed E-state index contributed by atoms with van der Waals surface area (Å²) in [7, 11) is 0. The van der Waals surface area contributed by atoms with Crippen LogP contribution in [-0.2, 0) is 13.1 Å². The Morgan fingerprint density at radius 2 is 1.97 bits per heavy atom. The Balaban J connectivity index is 1.38. The zero-order valence-corrected chi connectivity index (χ0v) is 17.8. The number of rotatable bonds is 6. The molecule has 1 aliphatic rings. The summed E-state index contributed by atoms with van der Waals surface area (Å²) in [6, 6.07) is 16.1. The first-order valence-electron chi connectivity index (χ1n) is 10.8. The number of carbonyl (C=O) groups is 1. The molecule has 0 radical (unpaired) electrons. The molecule has 2 aromatic carbocycles. The normalized spacial score (nSPS) is 17.1. The third kappa shape index (κ3) is 4.79. The van der Waals surface area contributed by atoms with Gasteiger partial charge in [-0.25, -0.2) is 4.98 Å². The van der Waals surface area contributed by atoms with Gasteiger partial charge in [-0.1, -0.05) is 37.3 Å². The highest BCUT2D eigenvalue weighted by Gasteiger charge is 2.16. The molecule has 0 saturated carbocycles. The van der Waals surface area contributed by atoms with Crippen LogP contribution in [-0.4, -0.2) is 33.4 Å². The minimum atomic E-state index is -0.0506. The zero-order valence-electron chi connectivity index (χ0n) is 17.8. The average Bonchev–Trinajstić information content (AvgIpc) is 3.18. The number of amides is 1. The van der Waals surface area contributed by atoms with Crippen LogP contribution in [0.1, 0.15) is 47.1 Å². The number of imidazole rings is 1. The summed E-state index contributed by atoms with van der Waals surface area (Å²) < 4.78 is 2.04. The first-order valence-corrected chi connectivity index (χ1v) is 10.8. The molecular weight excluding hydrogens is 372 g/mol. The van der Waals surface area contributed by atoms with Crippen LogP contribution in [0, 0.1) is 12.8 Å². The van der Waals surface area contributed by atoms with Gasteiger partial charge in [0.25, 0.3) is 5.91 Å². The summed E-state index contributed by atoms with van der Waals surface area (Å²) in [5, 5.41) is 3.06. The molecule has 5 nitrogen and oxygen atoms in total. The Labute approximate surface area is 178 Å². The molecule has 30 heavy (non-hydrogen) atoms. The predicted octanol–water partition coefficient (Wildman–Crippen LogP) is 4.34. The van der Waals surface area contributed by atoms with Crippen molar-refractivity contribution in [2.24, 2.45) is 5.92 Å². The maximum atomic E-state index is 12.7. The van der Waals surface area contributed by atoms with Gasteiger partial charge in [0.1, 0.15) is 5.82 Å². The number of aryl methyl sites for hydroxylation is 1. The predicted molar refractivity (Wildman–Crippen MR) is 120 cm³/mol. The molecule has 4 rings (SSSR count). The molecule has 1 N–H and O–H groups in total. The van der Waals surface area contributed by atoms with Crippen molar-refractivity contribution in [2.75, 3.05) is 13.1 Å². The third-order valence-electron chi connectivity index (χ3n) is 5.88. The lowest BCUT2D eigenvalue weighted by Crippen LogP contribution is -2.33. The minimum Gasteiger partial charge on any atom is -0.348 e. The van der Waals surface area contributed by atoms with E-state index in [0.29, 0.717) is 12.1 Å². The van der Waals surface area contributed by atoms with Crippen molar-refractivity contribution >= 4 is 5.91 Å². The lowest BCUT2D eigenvalue weighted by Gasteiger charge is -2.30. The molecule has 1 aliphatic heterocycles. The number of benzene rings is 2. The number of nitrogens with zero attached hydrogens (tertiary/aromatic N) is 3. The van der Waals surface area contributed by atoms with Crippen LogP contribution in [0.25, 0.3) is 5.69 Å². The Morgan fingerprint density at radius 3 is 2.70 bits per heavy atom. The van der Waals surface area contributed by atoms with Gasteiger partial charge in [-0.3, -0.25) is 9.69 Å². The fraction of sp³-hybridized carbons (Fsp3) is 0.360. The second kappa shape index (κ2) is 9.26. The maximum absolute atomic E-state index is 12.7. The molecule has 156 valence electrons. The molecule has 0 unspecified atom stereocenters. The second-order valence-corrected chi connectivity index (χ2v) is 8.34. The molecule has 3 aromatic rings. The minimum absolute atomic E-state index is 0.0506. The summed E-state index contributed by atoms with van der Waals surface area (Å²) in [6.07, 6.45) is 6.34. The van der Waals surface area contributed by atoms with Crippen molar-refractivity contribution in [1.29, 1.82) is 0 Å². The highest BCUT2D eigenvalue weighted by atomic mass is 16.1. The number of aromatic nitrogens is 2. The molecule has 0 aliphatic carbocycles. The summed E-state index contributed by atoms with van der Waals surface area (Å²) in [5.41, 5.74) is 4.06. The van der Waals surface area contributed by atoms with Crippen molar-refractivity contribution in [1.82, 2.24) is 19.8 Å². The van der Waals surface area contributed by atoms with Gasteiger partial charge in [-0.05, 0) is 61.6 Å². The van der Waals surface area contributed by atoms with Crippen molar-refractivity contribution < 1.29 is 4.79 Å². The number of hydrogen-bond donors (Lipinski definition) is 1. The van der Waals surface area contributed by atoms with E-state index >= 15 is 0 Å². The average molecular weight is 403 g/mol. The first kappa shape index (κ1) is 20.4. The van der Waals surface area contributed by atoms with E-state index in [1.165, 1.54) is 24.9 Å². The van der Waals surface area contributed by atoms with Crippen LogP contribution in [0.2, 0.25) is 0 Å². The lowest BCUT2D eigenvalue weighted by molar-refractivity contribution is 0.0951. The van der Waals surface area contributed by atoms with Crippen molar-refractivity contribution in [2.45, 2.75) is 39.8 Å². The summed E-state index contributed by atoms with van der Waals surface area (Å²) in [6.45, 7) is 8.07.